The number of nitriles is 2. The van der Waals surface area contributed by atoms with Gasteiger partial charge in [-0.05, 0) is 134 Å². The van der Waals surface area contributed by atoms with Gasteiger partial charge in [0, 0.05) is 61.1 Å². The van der Waals surface area contributed by atoms with Crippen LogP contribution in [0.25, 0.3) is 11.4 Å². The topological polar surface area (TPSA) is 168 Å². The Morgan fingerprint density at radius 1 is 0.849 bits per heavy atom. The Balaban J connectivity index is 0.000000204. The van der Waals surface area contributed by atoms with Gasteiger partial charge in [0.15, 0.2) is 11.6 Å². The molecule has 0 bridgehead atoms. The maximum Gasteiger partial charge on any atom is 0.415 e. The number of piperidine rings is 2. The molecule has 2 fully saturated rings. The summed E-state index contributed by atoms with van der Waals surface area (Å²) in [4.78, 5) is 16.2. The number of anilines is 2. The molecule has 2 aliphatic rings. The van der Waals surface area contributed by atoms with Crippen molar-refractivity contribution in [2.75, 3.05) is 37.6 Å². The molecule has 1 amide bonds. The van der Waals surface area contributed by atoms with Crippen LogP contribution in [0.15, 0.2) is 54.6 Å². The van der Waals surface area contributed by atoms with E-state index in [-0.39, 0.29) is 28.8 Å². The zero-order chi connectivity index (χ0) is 38.8. The van der Waals surface area contributed by atoms with Gasteiger partial charge in [0.1, 0.15) is 17.5 Å². The smallest absolute Gasteiger partial charge is 0.404 e. The number of nitrogens with zero attached hydrogens (tertiary/aromatic N) is 8. The zero-order valence-electron chi connectivity index (χ0n) is 29.0. The average molecular weight is 986 g/mol. The third-order valence-corrected chi connectivity index (χ3v) is 11.8. The van der Waals surface area contributed by atoms with E-state index < -0.39 is 17.3 Å². The third-order valence-electron chi connectivity index (χ3n) is 9.39. The standard InChI is InChI=1S/C19H22Br2FN5.C16H14Br2FN5O2/c1-18(2,3)26-6-4-19(11-23,5-7-26)13-10-25-27(17(13)24)16-14(20)8-12(22)9-15(16)21;17-11-5-10(19)6-12(18)14(11)24-15(21)13(8-22-24)26-16(25)23-3-1-9(7-20)2-4-23/h8-10H,4-7,24H2,1-3H3;5-6,8-9H,1-4,21H2. The van der Waals surface area contributed by atoms with Gasteiger partial charge in [0.25, 0.3) is 0 Å². The lowest BCUT2D eigenvalue weighted by molar-refractivity contribution is 0.0886. The van der Waals surface area contributed by atoms with E-state index in [9.17, 15) is 18.8 Å². The number of benzene rings is 2. The molecule has 53 heavy (non-hydrogen) atoms. The van der Waals surface area contributed by atoms with Gasteiger partial charge in [-0.1, -0.05) is 0 Å². The van der Waals surface area contributed by atoms with Gasteiger partial charge in [-0.3, -0.25) is 4.90 Å². The monoisotopic (exact) mass is 982 g/mol. The molecular formula is C35H36Br4F2N10O2. The summed E-state index contributed by atoms with van der Waals surface area (Å²) in [5, 5.41) is 27.5. The van der Waals surface area contributed by atoms with Crippen LogP contribution in [0.1, 0.15) is 52.0 Å². The summed E-state index contributed by atoms with van der Waals surface area (Å²) in [7, 11) is 0. The van der Waals surface area contributed by atoms with Crippen LogP contribution < -0.4 is 16.2 Å². The van der Waals surface area contributed by atoms with Crippen molar-refractivity contribution < 1.29 is 18.3 Å². The molecule has 2 aromatic carbocycles. The van der Waals surface area contributed by atoms with E-state index in [1.807, 2.05) is 0 Å². The highest BCUT2D eigenvalue weighted by molar-refractivity contribution is 9.11. The lowest BCUT2D eigenvalue weighted by Gasteiger charge is -2.43. The Bertz CT molecular complexity index is 2040. The summed E-state index contributed by atoms with van der Waals surface area (Å²) >= 11 is 13.3. The van der Waals surface area contributed by atoms with E-state index in [1.165, 1.54) is 40.0 Å². The van der Waals surface area contributed by atoms with Crippen LogP contribution in [0.5, 0.6) is 5.75 Å². The Kier molecular flexibility index (Phi) is 12.6. The first-order valence-corrected chi connectivity index (χ1v) is 19.7. The molecule has 4 aromatic rings. The van der Waals surface area contributed by atoms with Crippen molar-refractivity contribution in [1.29, 1.82) is 10.5 Å². The zero-order valence-corrected chi connectivity index (χ0v) is 35.4. The van der Waals surface area contributed by atoms with Crippen molar-refractivity contribution in [1.82, 2.24) is 29.4 Å². The van der Waals surface area contributed by atoms with Crippen LogP contribution in [0.3, 0.4) is 0 Å². The summed E-state index contributed by atoms with van der Waals surface area (Å²) in [6.45, 7) is 9.12. The Labute approximate surface area is 339 Å². The molecule has 0 atom stereocenters. The van der Waals surface area contributed by atoms with Gasteiger partial charge >= 0.3 is 6.09 Å². The number of hydrogen-bond acceptors (Lipinski definition) is 9. The van der Waals surface area contributed by atoms with Gasteiger partial charge in [0.05, 0.1) is 41.3 Å². The molecule has 4 heterocycles. The maximum absolute atomic E-state index is 13.6. The number of nitrogen functional groups attached to an aromatic ring is 2. The Morgan fingerprint density at radius 2 is 1.32 bits per heavy atom. The van der Waals surface area contributed by atoms with E-state index in [0.29, 0.717) is 73.9 Å². The molecular weight excluding hydrogens is 950 g/mol. The summed E-state index contributed by atoms with van der Waals surface area (Å²) in [5.41, 5.74) is 13.7. The average Bonchev–Trinajstić information content (AvgIpc) is 3.65. The van der Waals surface area contributed by atoms with Gasteiger partial charge in [0.2, 0.25) is 0 Å². The number of ether oxygens (including phenoxy) is 1. The quantitative estimate of drug-likeness (QED) is 0.204. The van der Waals surface area contributed by atoms with Crippen LogP contribution >= 0.6 is 63.7 Å². The summed E-state index contributed by atoms with van der Waals surface area (Å²) in [6.07, 6.45) is 5.10. The van der Waals surface area contributed by atoms with Crippen LogP contribution in [0.4, 0.5) is 25.2 Å². The van der Waals surface area contributed by atoms with Crippen molar-refractivity contribution >= 4 is 81.4 Å². The van der Waals surface area contributed by atoms with Crippen LogP contribution in [0, 0.1) is 40.2 Å². The molecule has 280 valence electrons. The number of aromatic nitrogens is 4. The minimum atomic E-state index is -0.664. The molecule has 12 nitrogen and oxygen atoms in total. The molecule has 0 spiro atoms. The first-order chi connectivity index (χ1) is 25.0. The molecule has 0 saturated carbocycles. The van der Waals surface area contributed by atoms with Crippen molar-refractivity contribution in [2.24, 2.45) is 5.92 Å². The van der Waals surface area contributed by atoms with E-state index >= 15 is 0 Å². The van der Waals surface area contributed by atoms with Crippen molar-refractivity contribution in [3.05, 3.63) is 71.7 Å². The van der Waals surface area contributed by atoms with Gasteiger partial charge in [-0.15, -0.1) is 0 Å². The summed E-state index contributed by atoms with van der Waals surface area (Å²) < 4.78 is 37.2. The van der Waals surface area contributed by atoms with Crippen LogP contribution in [0.2, 0.25) is 0 Å². The molecule has 6 rings (SSSR count). The molecule has 0 unspecified atom stereocenters. The lowest BCUT2D eigenvalue weighted by atomic mass is 9.74. The fraction of sp³-hybridized carbons (Fsp3) is 0.400. The van der Waals surface area contributed by atoms with Gasteiger partial charge in [-0.2, -0.15) is 20.7 Å². The molecule has 0 aliphatic carbocycles. The number of halogens is 6. The summed E-state index contributed by atoms with van der Waals surface area (Å²) in [6, 6.07) is 10.0. The van der Waals surface area contributed by atoms with Crippen molar-refractivity contribution in [3.63, 3.8) is 0 Å². The number of rotatable bonds is 4. The second-order valence-electron chi connectivity index (χ2n) is 13.7. The highest BCUT2D eigenvalue weighted by Crippen LogP contribution is 2.42. The number of carbonyl (C=O) groups is 1. The molecule has 0 radical (unpaired) electrons. The molecule has 4 N–H and O–H groups in total. The molecule has 2 saturated heterocycles. The third kappa shape index (κ3) is 8.73. The number of likely N-dealkylation sites (tertiary alicyclic amines) is 2. The predicted molar refractivity (Wildman–Crippen MR) is 210 cm³/mol. The van der Waals surface area contributed by atoms with Crippen LogP contribution in [-0.2, 0) is 5.41 Å². The van der Waals surface area contributed by atoms with E-state index in [1.54, 1.807) is 10.9 Å². The second-order valence-corrected chi connectivity index (χ2v) is 17.1. The van der Waals surface area contributed by atoms with Gasteiger partial charge in [-0.25, -0.2) is 22.9 Å². The van der Waals surface area contributed by atoms with Crippen molar-refractivity contribution in [2.45, 2.75) is 57.4 Å². The van der Waals surface area contributed by atoms with E-state index in [4.69, 9.17) is 21.5 Å². The minimum Gasteiger partial charge on any atom is -0.404 e. The van der Waals surface area contributed by atoms with Gasteiger partial charge < -0.3 is 21.1 Å². The van der Waals surface area contributed by atoms with Crippen LogP contribution in [-0.4, -0.2) is 67.2 Å². The first-order valence-electron chi connectivity index (χ1n) is 16.5. The Hall–Kier alpha value is -3.55. The fourth-order valence-electron chi connectivity index (χ4n) is 6.33. The summed E-state index contributed by atoms with van der Waals surface area (Å²) in [5.74, 6) is -0.190. The molecule has 2 aromatic heterocycles. The largest absolute Gasteiger partial charge is 0.415 e. The van der Waals surface area contributed by atoms with Crippen molar-refractivity contribution in [3.8, 4) is 29.3 Å². The number of carbonyl (C=O) groups excluding carboxylic acids is 1. The molecule has 18 heteroatoms. The SMILES string of the molecule is CC(C)(C)N1CCC(C#N)(c2cnn(-c3c(Br)cc(F)cc3Br)c2N)CC1.N#CC1CCN(C(=O)Oc2cnn(-c3c(Br)cc(F)cc3Br)c2N)CC1. The normalized spacial score (nSPS) is 16.3. The maximum atomic E-state index is 13.6. The highest BCUT2D eigenvalue weighted by atomic mass is 79.9. The second kappa shape index (κ2) is 16.4. The first kappa shape index (κ1) is 40.6. The lowest BCUT2D eigenvalue weighted by Crippen LogP contribution is -2.50. The fourth-order valence-corrected chi connectivity index (χ4v) is 9.26. The minimum absolute atomic E-state index is 0.0277. The predicted octanol–water partition coefficient (Wildman–Crippen LogP) is 8.63. The highest BCUT2D eigenvalue weighted by Gasteiger charge is 2.42. The molecule has 2 aliphatic heterocycles. The number of nitrogens with two attached hydrogens (primary N) is 2. The number of hydrogen-bond donors (Lipinski definition) is 2. The van der Waals surface area contributed by atoms with E-state index in [0.717, 1.165) is 18.7 Å². The number of amides is 1. The van der Waals surface area contributed by atoms with E-state index in [2.05, 4.69) is 112 Å². The Morgan fingerprint density at radius 3 is 1.77 bits per heavy atom.